The molecule has 0 aliphatic rings. The van der Waals surface area contributed by atoms with Gasteiger partial charge in [-0.15, -0.1) is 0 Å². The summed E-state index contributed by atoms with van der Waals surface area (Å²) in [5, 5.41) is 0.233. The van der Waals surface area contributed by atoms with Crippen LogP contribution in [0, 0.1) is 0 Å². The molecule has 0 radical (unpaired) electrons. The Labute approximate surface area is 106 Å². The largest absolute Gasteiger partial charge is 0.493 e. The second-order valence-electron chi connectivity index (χ2n) is 3.36. The van der Waals surface area contributed by atoms with E-state index in [-0.39, 0.29) is 22.1 Å². The molecule has 0 unspecified atom stereocenters. The van der Waals surface area contributed by atoms with E-state index in [2.05, 4.69) is 0 Å². The zero-order chi connectivity index (χ0) is 13.8. The minimum atomic E-state index is -4.32. The lowest BCUT2D eigenvalue weighted by atomic mass is 10.2. The number of methoxy groups -OCH3 is 1. The first-order valence-electron chi connectivity index (χ1n) is 4.89. The van der Waals surface area contributed by atoms with Gasteiger partial charge in [0.1, 0.15) is 0 Å². The van der Waals surface area contributed by atoms with Crippen molar-refractivity contribution in [3.05, 3.63) is 22.7 Å². The van der Waals surface area contributed by atoms with Crippen LogP contribution in [-0.4, -0.2) is 26.2 Å². The molecule has 0 fully saturated rings. The van der Waals surface area contributed by atoms with Gasteiger partial charge >= 0.3 is 6.18 Å². The molecule has 3 nitrogen and oxygen atoms in total. The normalized spacial score (nSPS) is 11.2. The quantitative estimate of drug-likeness (QED) is 0.776. The molecule has 1 aromatic carbocycles. The fraction of sp³-hybridized carbons (Fsp3) is 0.364. The maximum atomic E-state index is 12.0. The van der Waals surface area contributed by atoms with Crippen LogP contribution in [0.1, 0.15) is 16.8 Å². The first kappa shape index (κ1) is 14.6. The van der Waals surface area contributed by atoms with E-state index in [4.69, 9.17) is 21.1 Å². The van der Waals surface area contributed by atoms with Crippen LogP contribution < -0.4 is 9.47 Å². The average Bonchev–Trinajstić information content (AvgIpc) is 2.28. The number of benzene rings is 1. The zero-order valence-electron chi connectivity index (χ0n) is 9.38. The van der Waals surface area contributed by atoms with Gasteiger partial charge in [0, 0.05) is 11.1 Å². The molecular formula is C11H10ClF3O3. The fourth-order valence-corrected chi connectivity index (χ4v) is 1.47. The van der Waals surface area contributed by atoms with E-state index < -0.39 is 19.2 Å². The molecule has 1 rings (SSSR count). The van der Waals surface area contributed by atoms with Gasteiger partial charge in [0.2, 0.25) is 0 Å². The van der Waals surface area contributed by atoms with Gasteiger partial charge in [0.05, 0.1) is 25.7 Å². The highest BCUT2D eigenvalue weighted by atomic mass is 35.5. The summed E-state index contributed by atoms with van der Waals surface area (Å²) >= 11 is 5.71. The van der Waals surface area contributed by atoms with Crippen molar-refractivity contribution in [3.8, 4) is 11.5 Å². The second-order valence-corrected chi connectivity index (χ2v) is 3.79. The molecule has 0 aliphatic heterocycles. The van der Waals surface area contributed by atoms with Gasteiger partial charge in [-0.05, 0) is 6.07 Å². The van der Waals surface area contributed by atoms with E-state index in [9.17, 15) is 18.0 Å². The number of hydrogen-bond acceptors (Lipinski definition) is 3. The van der Waals surface area contributed by atoms with Gasteiger partial charge < -0.3 is 9.47 Å². The van der Waals surface area contributed by atoms with E-state index in [0.717, 1.165) is 0 Å². The summed E-state index contributed by atoms with van der Waals surface area (Å²) in [7, 11) is 1.30. The van der Waals surface area contributed by atoms with Crippen LogP contribution in [0.3, 0.4) is 0 Å². The van der Waals surface area contributed by atoms with Gasteiger partial charge in [-0.25, -0.2) is 0 Å². The molecule has 0 heterocycles. The SMILES string of the molecule is COc1cc(Cl)cc(C=O)c1OCCC(F)(F)F. The van der Waals surface area contributed by atoms with Crippen LogP contribution in [0.2, 0.25) is 5.02 Å². The summed E-state index contributed by atoms with van der Waals surface area (Å²) in [6.07, 6.45) is -4.99. The van der Waals surface area contributed by atoms with E-state index in [1.165, 1.54) is 19.2 Å². The molecule has 0 aromatic heterocycles. The monoisotopic (exact) mass is 282 g/mol. The molecule has 0 aliphatic carbocycles. The zero-order valence-corrected chi connectivity index (χ0v) is 10.1. The summed E-state index contributed by atoms with van der Waals surface area (Å²) in [5.41, 5.74) is 0.0431. The fourth-order valence-electron chi connectivity index (χ4n) is 1.25. The van der Waals surface area contributed by atoms with Crippen LogP contribution in [0.25, 0.3) is 0 Å². The Hall–Kier alpha value is -1.43. The van der Waals surface area contributed by atoms with Crippen LogP contribution in [0.5, 0.6) is 11.5 Å². The number of hydrogen-bond donors (Lipinski definition) is 0. The lowest BCUT2D eigenvalue weighted by Gasteiger charge is -2.14. The van der Waals surface area contributed by atoms with Crippen LogP contribution in [-0.2, 0) is 0 Å². The maximum absolute atomic E-state index is 12.0. The predicted molar refractivity (Wildman–Crippen MR) is 59.6 cm³/mol. The highest BCUT2D eigenvalue weighted by molar-refractivity contribution is 6.31. The van der Waals surface area contributed by atoms with Crippen molar-refractivity contribution < 1.29 is 27.4 Å². The Kier molecular flexibility index (Phi) is 4.84. The average molecular weight is 283 g/mol. The molecule has 0 bridgehead atoms. The van der Waals surface area contributed by atoms with Crippen molar-refractivity contribution >= 4 is 17.9 Å². The Bertz CT molecular complexity index is 432. The molecule has 0 amide bonds. The molecule has 0 N–H and O–H groups in total. The molecule has 18 heavy (non-hydrogen) atoms. The van der Waals surface area contributed by atoms with Crippen molar-refractivity contribution in [2.45, 2.75) is 12.6 Å². The number of alkyl halides is 3. The number of carbonyl (C=O) groups is 1. The van der Waals surface area contributed by atoms with Gasteiger partial charge in [-0.2, -0.15) is 13.2 Å². The Morgan fingerprint density at radius 1 is 1.39 bits per heavy atom. The molecular weight excluding hydrogens is 273 g/mol. The van der Waals surface area contributed by atoms with Crippen LogP contribution >= 0.6 is 11.6 Å². The molecule has 1 aromatic rings. The maximum Gasteiger partial charge on any atom is 0.392 e. The third kappa shape index (κ3) is 4.10. The minimum Gasteiger partial charge on any atom is -0.493 e. The Morgan fingerprint density at radius 2 is 2.06 bits per heavy atom. The number of carbonyl (C=O) groups excluding carboxylic acids is 1. The topological polar surface area (TPSA) is 35.5 Å². The Balaban J connectivity index is 2.89. The number of halogens is 4. The lowest BCUT2D eigenvalue weighted by molar-refractivity contribution is -0.139. The van der Waals surface area contributed by atoms with Gasteiger partial charge in [0.15, 0.2) is 17.8 Å². The van der Waals surface area contributed by atoms with Gasteiger partial charge in [-0.3, -0.25) is 4.79 Å². The summed E-state index contributed by atoms with van der Waals surface area (Å²) in [6, 6.07) is 2.65. The summed E-state index contributed by atoms with van der Waals surface area (Å²) in [5.74, 6) is 0.0768. The molecule has 0 spiro atoms. The van der Waals surface area contributed by atoms with Gasteiger partial charge in [-0.1, -0.05) is 11.6 Å². The third-order valence-electron chi connectivity index (χ3n) is 2.03. The molecule has 0 atom stereocenters. The van der Waals surface area contributed by atoms with E-state index in [0.29, 0.717) is 6.29 Å². The number of rotatable bonds is 5. The first-order valence-corrected chi connectivity index (χ1v) is 5.27. The molecule has 0 saturated heterocycles. The standard InChI is InChI=1S/C11H10ClF3O3/c1-17-9-5-8(12)4-7(6-16)10(9)18-3-2-11(13,14)15/h4-6H,2-3H2,1H3. The summed E-state index contributed by atoms with van der Waals surface area (Å²) in [6.45, 7) is -0.595. The van der Waals surface area contributed by atoms with E-state index >= 15 is 0 Å². The van der Waals surface area contributed by atoms with Crippen molar-refractivity contribution in [2.24, 2.45) is 0 Å². The molecule has 0 saturated carbocycles. The van der Waals surface area contributed by atoms with Crippen molar-refractivity contribution in [1.82, 2.24) is 0 Å². The highest BCUT2D eigenvalue weighted by Crippen LogP contribution is 2.34. The van der Waals surface area contributed by atoms with Crippen molar-refractivity contribution in [1.29, 1.82) is 0 Å². The minimum absolute atomic E-state index is 0.0406. The smallest absolute Gasteiger partial charge is 0.392 e. The summed E-state index contributed by atoms with van der Waals surface area (Å²) < 4.78 is 45.8. The predicted octanol–water partition coefficient (Wildman–Crippen LogP) is 3.49. The number of aldehydes is 1. The summed E-state index contributed by atoms with van der Waals surface area (Å²) in [4.78, 5) is 10.8. The lowest BCUT2D eigenvalue weighted by Crippen LogP contribution is -2.13. The molecule has 100 valence electrons. The second kappa shape index (κ2) is 5.95. The van der Waals surface area contributed by atoms with Crippen LogP contribution in [0.4, 0.5) is 13.2 Å². The number of ether oxygens (including phenoxy) is 2. The first-order chi connectivity index (χ1) is 8.37. The third-order valence-corrected chi connectivity index (χ3v) is 2.25. The van der Waals surface area contributed by atoms with E-state index in [1.54, 1.807) is 0 Å². The van der Waals surface area contributed by atoms with Crippen molar-refractivity contribution in [3.63, 3.8) is 0 Å². The Morgan fingerprint density at radius 3 is 2.56 bits per heavy atom. The van der Waals surface area contributed by atoms with Crippen LogP contribution in [0.15, 0.2) is 12.1 Å². The van der Waals surface area contributed by atoms with Gasteiger partial charge in [0.25, 0.3) is 0 Å². The van der Waals surface area contributed by atoms with Crippen molar-refractivity contribution in [2.75, 3.05) is 13.7 Å². The highest BCUT2D eigenvalue weighted by Gasteiger charge is 2.27. The van der Waals surface area contributed by atoms with E-state index in [1.807, 2.05) is 0 Å². The molecule has 7 heteroatoms.